The SMILES string of the molecule is Cc1ocnc1C(=O)N1C[C@@H]2CN(C(=O)N(C)C)[C@@H](c3cccc(F)c3)[C@@H]2C1. The number of amides is 3. The number of halogens is 1. The molecular formula is C20H23FN4O3. The lowest BCUT2D eigenvalue weighted by Gasteiger charge is -2.31. The topological polar surface area (TPSA) is 69.9 Å². The maximum absolute atomic E-state index is 13.9. The summed E-state index contributed by atoms with van der Waals surface area (Å²) in [7, 11) is 3.42. The minimum atomic E-state index is -0.331. The van der Waals surface area contributed by atoms with E-state index in [1.54, 1.807) is 36.9 Å². The third kappa shape index (κ3) is 3.02. The van der Waals surface area contributed by atoms with Crippen LogP contribution in [-0.2, 0) is 0 Å². The number of oxazole rings is 1. The molecular weight excluding hydrogens is 363 g/mol. The Morgan fingerprint density at radius 2 is 2.04 bits per heavy atom. The van der Waals surface area contributed by atoms with Gasteiger partial charge in [0.1, 0.15) is 11.6 Å². The number of fused-ring (bicyclic) bond motifs is 1. The first kappa shape index (κ1) is 18.5. The summed E-state index contributed by atoms with van der Waals surface area (Å²) < 4.78 is 19.0. The quantitative estimate of drug-likeness (QED) is 0.795. The standard InChI is InChI=1S/C20H23FN4O3/c1-12-17(22-11-28-12)19(26)24-8-14-9-25(20(27)23(2)3)18(16(14)10-24)13-5-4-6-15(21)7-13/h4-7,11,14,16,18H,8-10H2,1-3H3/t14-,16-,18+/m1/s1. The number of aromatic nitrogens is 1. The number of carbonyl (C=O) groups is 2. The molecule has 2 aliphatic rings. The molecule has 3 atom stereocenters. The second-order valence-electron chi connectivity index (χ2n) is 7.72. The molecule has 0 unspecified atom stereocenters. The van der Waals surface area contributed by atoms with Crippen LogP contribution in [0.1, 0.15) is 27.9 Å². The Morgan fingerprint density at radius 3 is 2.68 bits per heavy atom. The fourth-order valence-electron chi connectivity index (χ4n) is 4.44. The highest BCUT2D eigenvalue weighted by Crippen LogP contribution is 2.45. The molecule has 2 fully saturated rings. The van der Waals surface area contributed by atoms with Crippen molar-refractivity contribution in [2.45, 2.75) is 13.0 Å². The molecule has 0 radical (unpaired) electrons. The zero-order valence-electron chi connectivity index (χ0n) is 16.1. The van der Waals surface area contributed by atoms with E-state index in [1.807, 2.05) is 6.07 Å². The summed E-state index contributed by atoms with van der Waals surface area (Å²) in [6, 6.07) is 6.01. The third-order valence-electron chi connectivity index (χ3n) is 5.72. The maximum Gasteiger partial charge on any atom is 0.320 e. The summed E-state index contributed by atoms with van der Waals surface area (Å²) in [4.78, 5) is 34.7. The zero-order valence-corrected chi connectivity index (χ0v) is 16.1. The predicted octanol–water partition coefficient (Wildman–Crippen LogP) is 2.55. The molecule has 148 valence electrons. The van der Waals surface area contributed by atoms with Crippen molar-refractivity contribution in [3.8, 4) is 0 Å². The van der Waals surface area contributed by atoms with Crippen LogP contribution in [0.2, 0.25) is 0 Å². The fourth-order valence-corrected chi connectivity index (χ4v) is 4.44. The van der Waals surface area contributed by atoms with Gasteiger partial charge < -0.3 is 19.1 Å². The van der Waals surface area contributed by atoms with Gasteiger partial charge in [-0.05, 0) is 24.6 Å². The molecule has 3 heterocycles. The Kier molecular flexibility index (Phi) is 4.56. The number of likely N-dealkylation sites (tertiary alicyclic amines) is 2. The average molecular weight is 386 g/mol. The van der Waals surface area contributed by atoms with E-state index in [1.165, 1.54) is 23.4 Å². The Bertz CT molecular complexity index is 912. The van der Waals surface area contributed by atoms with Crippen LogP contribution in [0.5, 0.6) is 0 Å². The van der Waals surface area contributed by atoms with Gasteiger partial charge in [0.05, 0.1) is 6.04 Å². The molecule has 1 aromatic carbocycles. The number of nitrogens with zero attached hydrogens (tertiary/aromatic N) is 4. The number of hydrogen-bond acceptors (Lipinski definition) is 4. The predicted molar refractivity (Wildman–Crippen MR) is 99.1 cm³/mol. The Labute approximate surface area is 162 Å². The smallest absolute Gasteiger partial charge is 0.320 e. The molecule has 0 aliphatic carbocycles. The number of urea groups is 1. The highest BCUT2D eigenvalue weighted by molar-refractivity contribution is 5.93. The van der Waals surface area contributed by atoms with Crippen LogP contribution < -0.4 is 0 Å². The van der Waals surface area contributed by atoms with Crippen molar-refractivity contribution in [1.29, 1.82) is 0 Å². The Morgan fingerprint density at radius 1 is 1.25 bits per heavy atom. The molecule has 0 N–H and O–H groups in total. The number of rotatable bonds is 2. The van der Waals surface area contributed by atoms with Crippen LogP contribution in [0.3, 0.4) is 0 Å². The van der Waals surface area contributed by atoms with Gasteiger partial charge in [-0.1, -0.05) is 12.1 Å². The van der Waals surface area contributed by atoms with Gasteiger partial charge in [0.15, 0.2) is 12.1 Å². The first-order chi connectivity index (χ1) is 13.4. The van der Waals surface area contributed by atoms with E-state index in [0.717, 1.165) is 5.56 Å². The van der Waals surface area contributed by atoms with Crippen LogP contribution in [0, 0.1) is 24.6 Å². The van der Waals surface area contributed by atoms with E-state index in [4.69, 9.17) is 4.42 Å². The lowest BCUT2D eigenvalue weighted by atomic mass is 9.89. The molecule has 2 saturated heterocycles. The van der Waals surface area contributed by atoms with E-state index >= 15 is 0 Å². The lowest BCUT2D eigenvalue weighted by Crippen LogP contribution is -2.42. The molecule has 7 nitrogen and oxygen atoms in total. The number of benzene rings is 1. The average Bonchev–Trinajstić information content (AvgIpc) is 3.33. The van der Waals surface area contributed by atoms with Gasteiger partial charge >= 0.3 is 6.03 Å². The summed E-state index contributed by atoms with van der Waals surface area (Å²) in [5.74, 6) is 0.176. The van der Waals surface area contributed by atoms with Crippen molar-refractivity contribution in [2.24, 2.45) is 11.8 Å². The van der Waals surface area contributed by atoms with Gasteiger partial charge in [-0.15, -0.1) is 0 Å². The van der Waals surface area contributed by atoms with Gasteiger partial charge in [0, 0.05) is 45.6 Å². The van der Waals surface area contributed by atoms with E-state index in [9.17, 15) is 14.0 Å². The highest BCUT2D eigenvalue weighted by Gasteiger charge is 2.50. The minimum absolute atomic E-state index is 0.0434. The van der Waals surface area contributed by atoms with E-state index < -0.39 is 0 Å². The molecule has 0 spiro atoms. The first-order valence-electron chi connectivity index (χ1n) is 9.29. The second kappa shape index (κ2) is 6.92. The van der Waals surface area contributed by atoms with Crippen LogP contribution in [0.25, 0.3) is 0 Å². The summed E-state index contributed by atoms with van der Waals surface area (Å²) in [6.07, 6.45) is 1.27. The number of aryl methyl sites for hydroxylation is 1. The largest absolute Gasteiger partial charge is 0.448 e. The zero-order chi connectivity index (χ0) is 20.0. The summed E-state index contributed by atoms with van der Waals surface area (Å²) in [6.45, 7) is 3.28. The van der Waals surface area contributed by atoms with Crippen molar-refractivity contribution >= 4 is 11.9 Å². The molecule has 3 amide bonds. The van der Waals surface area contributed by atoms with Crippen molar-refractivity contribution in [3.63, 3.8) is 0 Å². The molecule has 8 heteroatoms. The number of carbonyl (C=O) groups excluding carboxylic acids is 2. The minimum Gasteiger partial charge on any atom is -0.448 e. The summed E-state index contributed by atoms with van der Waals surface area (Å²) in [5, 5.41) is 0. The molecule has 1 aromatic heterocycles. The molecule has 4 rings (SSSR count). The van der Waals surface area contributed by atoms with Gasteiger partial charge in [0.25, 0.3) is 5.91 Å². The highest BCUT2D eigenvalue weighted by atomic mass is 19.1. The van der Waals surface area contributed by atoms with E-state index in [0.29, 0.717) is 31.1 Å². The van der Waals surface area contributed by atoms with E-state index in [-0.39, 0.29) is 35.6 Å². The second-order valence-corrected chi connectivity index (χ2v) is 7.72. The van der Waals surface area contributed by atoms with Crippen LogP contribution >= 0.6 is 0 Å². The Balaban J connectivity index is 1.63. The molecule has 2 aliphatic heterocycles. The molecule has 0 saturated carbocycles. The van der Waals surface area contributed by atoms with Crippen LogP contribution in [-0.4, -0.2) is 65.4 Å². The van der Waals surface area contributed by atoms with Gasteiger partial charge in [0.2, 0.25) is 0 Å². The van der Waals surface area contributed by atoms with Crippen molar-refractivity contribution in [3.05, 3.63) is 53.5 Å². The maximum atomic E-state index is 13.9. The van der Waals surface area contributed by atoms with Gasteiger partial charge in [-0.3, -0.25) is 4.79 Å². The van der Waals surface area contributed by atoms with Gasteiger partial charge in [-0.25, -0.2) is 14.2 Å². The van der Waals surface area contributed by atoms with Crippen LogP contribution in [0.4, 0.5) is 9.18 Å². The van der Waals surface area contributed by atoms with Crippen molar-refractivity contribution in [1.82, 2.24) is 19.7 Å². The van der Waals surface area contributed by atoms with Gasteiger partial charge in [-0.2, -0.15) is 0 Å². The lowest BCUT2D eigenvalue weighted by molar-refractivity contribution is 0.0759. The third-order valence-corrected chi connectivity index (χ3v) is 5.72. The summed E-state index contributed by atoms with van der Waals surface area (Å²) >= 11 is 0. The van der Waals surface area contributed by atoms with Crippen molar-refractivity contribution < 1.29 is 18.4 Å². The number of hydrogen-bond donors (Lipinski definition) is 0. The molecule has 28 heavy (non-hydrogen) atoms. The summed E-state index contributed by atoms with van der Waals surface area (Å²) in [5.41, 5.74) is 1.08. The van der Waals surface area contributed by atoms with Crippen molar-refractivity contribution in [2.75, 3.05) is 33.7 Å². The normalized spacial score (nSPS) is 23.8. The van der Waals surface area contributed by atoms with Crippen LogP contribution in [0.15, 0.2) is 35.1 Å². The monoisotopic (exact) mass is 386 g/mol. The fraction of sp³-hybridized carbons (Fsp3) is 0.450. The molecule has 0 bridgehead atoms. The first-order valence-corrected chi connectivity index (χ1v) is 9.29. The Hall–Kier alpha value is -2.90. The molecule has 2 aromatic rings. The van der Waals surface area contributed by atoms with E-state index in [2.05, 4.69) is 4.98 Å².